The van der Waals surface area contributed by atoms with Crippen LogP contribution >= 0.6 is 0 Å². The van der Waals surface area contributed by atoms with Gasteiger partial charge >= 0.3 is 0 Å². The molecule has 168 valence electrons. The smallest absolute Gasteiger partial charge is 0.137 e. The number of rotatable bonds is 7. The van der Waals surface area contributed by atoms with E-state index < -0.39 is 23.2 Å². The van der Waals surface area contributed by atoms with Gasteiger partial charge in [0.15, 0.2) is 0 Å². The van der Waals surface area contributed by atoms with Gasteiger partial charge < -0.3 is 5.11 Å². The monoisotopic (exact) mass is 450 g/mol. The second-order valence-corrected chi connectivity index (χ2v) is 7.76. The van der Waals surface area contributed by atoms with Gasteiger partial charge in [-0.15, -0.1) is 0 Å². The fraction of sp³-hybridized carbons (Fsp3) is 0.160. The Kier molecular flexibility index (Phi) is 6.37. The first-order chi connectivity index (χ1) is 15.8. The van der Waals surface area contributed by atoms with Crippen LogP contribution < -0.4 is 0 Å². The maximum absolute atomic E-state index is 14.7. The number of benzene rings is 2. The van der Waals surface area contributed by atoms with Gasteiger partial charge in [-0.25, -0.2) is 22.8 Å². The van der Waals surface area contributed by atoms with Gasteiger partial charge in [-0.3, -0.25) is 4.98 Å². The summed E-state index contributed by atoms with van der Waals surface area (Å²) in [7, 11) is 0. The number of aromatic nitrogens is 4. The molecule has 4 aromatic rings. The Balaban J connectivity index is 1.63. The molecular formula is C25H21F3N4O. The molecule has 2 atom stereocenters. The molecule has 0 amide bonds. The molecule has 2 aromatic heterocycles. The van der Waals surface area contributed by atoms with Crippen LogP contribution in [0.2, 0.25) is 0 Å². The molecule has 0 aliphatic carbocycles. The van der Waals surface area contributed by atoms with Crippen molar-refractivity contribution in [3.05, 3.63) is 113 Å². The standard InChI is InChI=1S/C25H21F3N4O/c1-17(24-11-6-19(13-30-24)3-2-18-4-7-20(26)8-5-18)25(33,14-32-16-29-15-31-32)22-10-9-21(27)12-23(22)28/h2-13,15-17,33H,14H2,1H3/t17-,25+/m1/s1. The van der Waals surface area contributed by atoms with Crippen LogP contribution in [-0.2, 0) is 12.1 Å². The molecule has 0 aliphatic rings. The van der Waals surface area contributed by atoms with Crippen LogP contribution in [0.1, 0.15) is 35.2 Å². The van der Waals surface area contributed by atoms with Crippen molar-refractivity contribution in [1.82, 2.24) is 19.7 Å². The fourth-order valence-electron chi connectivity index (χ4n) is 3.64. The summed E-state index contributed by atoms with van der Waals surface area (Å²) < 4.78 is 42.6. The Morgan fingerprint density at radius 1 is 0.970 bits per heavy atom. The number of hydrogen-bond acceptors (Lipinski definition) is 4. The van der Waals surface area contributed by atoms with Crippen molar-refractivity contribution >= 4 is 12.2 Å². The van der Waals surface area contributed by atoms with E-state index in [1.807, 2.05) is 18.2 Å². The largest absolute Gasteiger partial charge is 0.382 e. The van der Waals surface area contributed by atoms with Gasteiger partial charge in [0.1, 0.15) is 35.7 Å². The van der Waals surface area contributed by atoms with Crippen LogP contribution in [0.5, 0.6) is 0 Å². The molecule has 0 saturated carbocycles. The van der Waals surface area contributed by atoms with Crippen LogP contribution in [0.3, 0.4) is 0 Å². The van der Waals surface area contributed by atoms with Crippen LogP contribution in [-0.4, -0.2) is 24.9 Å². The highest BCUT2D eigenvalue weighted by atomic mass is 19.1. The molecule has 33 heavy (non-hydrogen) atoms. The Morgan fingerprint density at radius 2 is 1.67 bits per heavy atom. The molecule has 0 fully saturated rings. The Hall–Kier alpha value is -3.78. The average Bonchev–Trinajstić information content (AvgIpc) is 3.31. The normalized spacial score (nSPS) is 14.3. The fourth-order valence-corrected chi connectivity index (χ4v) is 3.64. The maximum atomic E-state index is 14.7. The van der Waals surface area contributed by atoms with E-state index in [0.717, 1.165) is 23.3 Å². The number of pyridine rings is 1. The number of hydrogen-bond donors (Lipinski definition) is 1. The van der Waals surface area contributed by atoms with Crippen LogP contribution in [0.4, 0.5) is 13.2 Å². The van der Waals surface area contributed by atoms with E-state index in [0.29, 0.717) is 5.69 Å². The first kappa shape index (κ1) is 22.4. The highest BCUT2D eigenvalue weighted by Gasteiger charge is 2.40. The van der Waals surface area contributed by atoms with Crippen LogP contribution in [0.15, 0.2) is 73.4 Å². The number of nitrogens with zero attached hydrogens (tertiary/aromatic N) is 4. The predicted octanol–water partition coefficient (Wildman–Crippen LogP) is 4.95. The van der Waals surface area contributed by atoms with Crippen LogP contribution in [0.25, 0.3) is 12.2 Å². The molecule has 5 nitrogen and oxygen atoms in total. The zero-order chi connectivity index (χ0) is 23.4. The van der Waals surface area contributed by atoms with Crippen molar-refractivity contribution < 1.29 is 18.3 Å². The lowest BCUT2D eigenvalue weighted by Gasteiger charge is -2.34. The summed E-state index contributed by atoms with van der Waals surface area (Å²) in [4.78, 5) is 8.33. The van der Waals surface area contributed by atoms with Crippen molar-refractivity contribution in [3.63, 3.8) is 0 Å². The molecule has 1 N–H and O–H groups in total. The highest BCUT2D eigenvalue weighted by Crippen LogP contribution is 2.39. The summed E-state index contributed by atoms with van der Waals surface area (Å²) in [5.74, 6) is -2.56. The summed E-state index contributed by atoms with van der Waals surface area (Å²) in [6.45, 7) is 1.61. The summed E-state index contributed by atoms with van der Waals surface area (Å²) >= 11 is 0. The van der Waals surface area contributed by atoms with Gasteiger partial charge in [-0.1, -0.05) is 43.3 Å². The lowest BCUT2D eigenvalue weighted by Crippen LogP contribution is -2.38. The molecule has 0 spiro atoms. The third-order valence-corrected chi connectivity index (χ3v) is 5.57. The third kappa shape index (κ3) is 5.01. The molecule has 0 saturated heterocycles. The number of aliphatic hydroxyl groups is 1. The van der Waals surface area contributed by atoms with E-state index in [1.54, 1.807) is 31.3 Å². The Bertz CT molecular complexity index is 1240. The van der Waals surface area contributed by atoms with E-state index in [9.17, 15) is 18.3 Å². The topological polar surface area (TPSA) is 63.8 Å². The third-order valence-electron chi connectivity index (χ3n) is 5.57. The molecule has 0 radical (unpaired) electrons. The summed E-state index contributed by atoms with van der Waals surface area (Å²) in [6, 6.07) is 12.7. The Morgan fingerprint density at radius 3 is 2.30 bits per heavy atom. The van der Waals surface area contributed by atoms with Crippen LogP contribution in [0, 0.1) is 17.5 Å². The minimum Gasteiger partial charge on any atom is -0.382 e. The van der Waals surface area contributed by atoms with Crippen molar-refractivity contribution in [2.75, 3.05) is 0 Å². The minimum absolute atomic E-state index is 0.0611. The molecule has 0 aliphatic heterocycles. The first-order valence-corrected chi connectivity index (χ1v) is 10.2. The van der Waals surface area contributed by atoms with Gasteiger partial charge in [0.2, 0.25) is 0 Å². The Labute approximate surface area is 188 Å². The molecule has 0 bridgehead atoms. The van der Waals surface area contributed by atoms with E-state index in [-0.39, 0.29) is 17.9 Å². The second kappa shape index (κ2) is 9.38. The van der Waals surface area contributed by atoms with Gasteiger partial charge in [-0.2, -0.15) is 5.10 Å². The minimum atomic E-state index is -1.77. The quantitative estimate of drug-likeness (QED) is 0.433. The molecule has 2 aromatic carbocycles. The molecule has 2 heterocycles. The van der Waals surface area contributed by atoms with E-state index >= 15 is 0 Å². The second-order valence-electron chi connectivity index (χ2n) is 7.76. The molecular weight excluding hydrogens is 429 g/mol. The van der Waals surface area contributed by atoms with E-state index in [4.69, 9.17) is 0 Å². The lowest BCUT2D eigenvalue weighted by molar-refractivity contribution is -0.0123. The first-order valence-electron chi connectivity index (χ1n) is 10.2. The summed E-state index contributed by atoms with van der Waals surface area (Å²) in [5.41, 5.74) is 0.310. The van der Waals surface area contributed by atoms with E-state index in [1.165, 1.54) is 35.5 Å². The predicted molar refractivity (Wildman–Crippen MR) is 118 cm³/mol. The zero-order valence-electron chi connectivity index (χ0n) is 17.7. The van der Waals surface area contributed by atoms with Gasteiger partial charge in [0.25, 0.3) is 0 Å². The van der Waals surface area contributed by atoms with Crippen molar-refractivity contribution in [2.45, 2.75) is 25.0 Å². The molecule has 4 rings (SSSR count). The van der Waals surface area contributed by atoms with Crippen molar-refractivity contribution in [3.8, 4) is 0 Å². The summed E-state index contributed by atoms with van der Waals surface area (Å²) in [5, 5.41) is 15.7. The zero-order valence-corrected chi connectivity index (χ0v) is 17.7. The van der Waals surface area contributed by atoms with Crippen molar-refractivity contribution in [1.29, 1.82) is 0 Å². The maximum Gasteiger partial charge on any atom is 0.137 e. The average molecular weight is 450 g/mol. The molecule has 8 heteroatoms. The number of halogens is 3. The highest BCUT2D eigenvalue weighted by molar-refractivity contribution is 5.69. The van der Waals surface area contributed by atoms with E-state index in [2.05, 4.69) is 15.1 Å². The lowest BCUT2D eigenvalue weighted by atomic mass is 9.79. The van der Waals surface area contributed by atoms with Gasteiger partial charge in [-0.05, 0) is 35.4 Å². The molecule has 0 unspecified atom stereocenters. The summed E-state index contributed by atoms with van der Waals surface area (Å²) in [6.07, 6.45) is 8.01. The van der Waals surface area contributed by atoms with Gasteiger partial charge in [0.05, 0.1) is 6.54 Å². The van der Waals surface area contributed by atoms with Gasteiger partial charge in [0, 0.05) is 29.4 Å². The SMILES string of the molecule is C[C@H](c1ccc(C=Cc2ccc(F)cc2)cn1)[C@@](O)(Cn1cncn1)c1ccc(F)cc1F. The van der Waals surface area contributed by atoms with Crippen molar-refractivity contribution in [2.24, 2.45) is 0 Å².